The number of carbonyl (C=O) groups excluding carboxylic acids is 3. The summed E-state index contributed by atoms with van der Waals surface area (Å²) in [6.45, 7) is 7.25. The molecule has 5 rings (SSSR count). The first-order valence-corrected chi connectivity index (χ1v) is 11.8. The predicted molar refractivity (Wildman–Crippen MR) is 117 cm³/mol. The Morgan fingerprint density at radius 1 is 1.47 bits per heavy atom. The van der Waals surface area contributed by atoms with Gasteiger partial charge in [0.2, 0.25) is 11.8 Å². The van der Waals surface area contributed by atoms with Gasteiger partial charge < -0.3 is 15.5 Å². The van der Waals surface area contributed by atoms with Gasteiger partial charge in [0.1, 0.15) is 17.0 Å². The van der Waals surface area contributed by atoms with E-state index in [1.165, 1.54) is 11.3 Å². The van der Waals surface area contributed by atoms with Crippen LogP contribution >= 0.6 is 11.3 Å². The minimum Gasteiger partial charge on any atom is -0.356 e. The van der Waals surface area contributed by atoms with E-state index >= 15 is 0 Å². The minimum atomic E-state index is -0.763. The van der Waals surface area contributed by atoms with Crippen molar-refractivity contribution >= 4 is 34.0 Å². The van der Waals surface area contributed by atoms with Crippen LogP contribution in [0.4, 0.5) is 0 Å². The maximum absolute atomic E-state index is 13.5. The number of fused-ring (bicyclic) bond motifs is 2. The monoisotopic (exact) mass is 454 g/mol. The first-order valence-electron chi connectivity index (χ1n) is 10.9. The highest BCUT2D eigenvalue weighted by molar-refractivity contribution is 7.19. The molecule has 1 aliphatic carbocycles. The molecule has 0 aromatic carbocycles. The molecule has 3 fully saturated rings. The number of aryl methyl sites for hydroxylation is 1. The van der Waals surface area contributed by atoms with Gasteiger partial charge in [0.15, 0.2) is 4.96 Å². The number of hydrogen-bond donors (Lipinski definition) is 2. The van der Waals surface area contributed by atoms with Crippen molar-refractivity contribution in [3.8, 4) is 6.07 Å². The second kappa shape index (κ2) is 7.30. The van der Waals surface area contributed by atoms with Crippen molar-refractivity contribution in [1.82, 2.24) is 24.9 Å². The van der Waals surface area contributed by atoms with Crippen LogP contribution in [0.2, 0.25) is 0 Å². The average Bonchev–Trinajstić information content (AvgIpc) is 3.35. The number of imidazole rings is 1. The first kappa shape index (κ1) is 20.9. The third kappa shape index (κ3) is 3.10. The molecule has 0 radical (unpaired) electrons. The van der Waals surface area contributed by atoms with Crippen molar-refractivity contribution in [2.24, 2.45) is 23.2 Å². The van der Waals surface area contributed by atoms with Gasteiger partial charge in [0, 0.05) is 37.1 Å². The molecule has 10 heteroatoms. The van der Waals surface area contributed by atoms with Gasteiger partial charge in [-0.2, -0.15) is 5.26 Å². The number of aromatic nitrogens is 2. The number of piperidine rings is 1. The Bertz CT molecular complexity index is 1160. The molecule has 0 spiro atoms. The molecule has 3 unspecified atom stereocenters. The van der Waals surface area contributed by atoms with Crippen molar-refractivity contribution in [2.45, 2.75) is 45.7 Å². The Balaban J connectivity index is 1.37. The SMILES string of the molecule is Cc1c(C(=O)N2CC3C(C2C(=O)N[C@H](C#N)C[C@@H]2CCNC2=O)C3(C)C)sc2nccn12. The highest BCUT2D eigenvalue weighted by Gasteiger charge is 2.69. The van der Waals surface area contributed by atoms with Crippen LogP contribution in [-0.2, 0) is 9.59 Å². The van der Waals surface area contributed by atoms with Crippen LogP contribution < -0.4 is 10.6 Å². The van der Waals surface area contributed by atoms with Gasteiger partial charge in [-0.25, -0.2) is 4.98 Å². The molecular weight excluding hydrogens is 428 g/mol. The molecule has 168 valence electrons. The largest absolute Gasteiger partial charge is 0.356 e. The number of nitrogens with zero attached hydrogens (tertiary/aromatic N) is 4. The molecular formula is C22H26N6O3S. The first-order chi connectivity index (χ1) is 15.2. The van der Waals surface area contributed by atoms with E-state index in [9.17, 15) is 19.6 Å². The van der Waals surface area contributed by atoms with Crippen LogP contribution in [-0.4, -0.2) is 57.2 Å². The van der Waals surface area contributed by atoms with E-state index in [1.54, 1.807) is 11.1 Å². The Morgan fingerprint density at radius 2 is 2.25 bits per heavy atom. The summed E-state index contributed by atoms with van der Waals surface area (Å²) >= 11 is 1.33. The van der Waals surface area contributed by atoms with Gasteiger partial charge in [-0.1, -0.05) is 25.2 Å². The molecule has 32 heavy (non-hydrogen) atoms. The highest BCUT2D eigenvalue weighted by Crippen LogP contribution is 2.65. The van der Waals surface area contributed by atoms with Gasteiger partial charge in [-0.05, 0) is 37.0 Å². The number of amides is 3. The molecule has 2 saturated heterocycles. The Morgan fingerprint density at radius 3 is 2.91 bits per heavy atom. The molecule has 3 aliphatic rings. The van der Waals surface area contributed by atoms with Gasteiger partial charge in [0.05, 0.1) is 6.07 Å². The number of nitrogens with one attached hydrogen (secondary N) is 2. The summed E-state index contributed by atoms with van der Waals surface area (Å²) in [6.07, 6.45) is 4.47. The molecule has 4 heterocycles. The van der Waals surface area contributed by atoms with Gasteiger partial charge in [0.25, 0.3) is 5.91 Å². The maximum atomic E-state index is 13.5. The van der Waals surface area contributed by atoms with E-state index < -0.39 is 12.1 Å². The lowest BCUT2D eigenvalue weighted by molar-refractivity contribution is -0.127. The predicted octanol–water partition coefficient (Wildman–Crippen LogP) is 1.34. The van der Waals surface area contributed by atoms with Crippen molar-refractivity contribution < 1.29 is 14.4 Å². The molecule has 1 saturated carbocycles. The summed E-state index contributed by atoms with van der Waals surface area (Å²) in [5, 5.41) is 15.2. The summed E-state index contributed by atoms with van der Waals surface area (Å²) in [7, 11) is 0. The molecule has 9 nitrogen and oxygen atoms in total. The maximum Gasteiger partial charge on any atom is 0.266 e. The van der Waals surface area contributed by atoms with Crippen molar-refractivity contribution in [2.75, 3.05) is 13.1 Å². The quantitative estimate of drug-likeness (QED) is 0.706. The van der Waals surface area contributed by atoms with E-state index in [4.69, 9.17) is 0 Å². The number of rotatable bonds is 5. The fraction of sp³-hybridized carbons (Fsp3) is 0.591. The molecule has 2 N–H and O–H groups in total. The third-order valence-electron chi connectivity index (χ3n) is 7.58. The second-order valence-electron chi connectivity index (χ2n) is 9.66. The fourth-order valence-corrected chi connectivity index (χ4v) is 6.62. The highest BCUT2D eigenvalue weighted by atomic mass is 32.1. The van der Waals surface area contributed by atoms with E-state index in [2.05, 4.69) is 35.5 Å². The van der Waals surface area contributed by atoms with Crippen LogP contribution in [0.15, 0.2) is 12.4 Å². The fourth-order valence-electron chi connectivity index (χ4n) is 5.57. The Kier molecular flexibility index (Phi) is 4.78. The number of carbonyl (C=O) groups is 3. The summed E-state index contributed by atoms with van der Waals surface area (Å²) in [6, 6.07) is 0.744. The molecule has 2 aliphatic heterocycles. The van der Waals surface area contributed by atoms with Crippen molar-refractivity contribution in [3.05, 3.63) is 23.0 Å². The zero-order valence-electron chi connectivity index (χ0n) is 18.3. The average molecular weight is 455 g/mol. The van der Waals surface area contributed by atoms with Crippen LogP contribution in [0.25, 0.3) is 4.96 Å². The molecule has 0 bridgehead atoms. The third-order valence-corrected chi connectivity index (χ3v) is 8.74. The number of likely N-dealkylation sites (tertiary alicyclic amines) is 1. The van der Waals surface area contributed by atoms with Crippen LogP contribution in [0.5, 0.6) is 0 Å². The van der Waals surface area contributed by atoms with Gasteiger partial charge in [-0.3, -0.25) is 18.8 Å². The molecule has 5 atom stereocenters. The van der Waals surface area contributed by atoms with Crippen LogP contribution in [0, 0.1) is 41.4 Å². The summed E-state index contributed by atoms with van der Waals surface area (Å²) in [4.78, 5) is 46.1. The lowest BCUT2D eigenvalue weighted by atomic mass is 9.97. The van der Waals surface area contributed by atoms with Crippen LogP contribution in [0.3, 0.4) is 0 Å². The summed E-state index contributed by atoms with van der Waals surface area (Å²) < 4.78 is 1.88. The number of nitriles is 1. The summed E-state index contributed by atoms with van der Waals surface area (Å²) in [5.74, 6) is -0.488. The van der Waals surface area contributed by atoms with Crippen molar-refractivity contribution in [1.29, 1.82) is 5.26 Å². The summed E-state index contributed by atoms with van der Waals surface area (Å²) in [5.41, 5.74) is 0.791. The lowest BCUT2D eigenvalue weighted by Crippen LogP contribution is -2.52. The Labute approximate surface area is 189 Å². The van der Waals surface area contributed by atoms with E-state index in [1.807, 2.05) is 17.5 Å². The normalized spacial score (nSPS) is 28.8. The number of hydrogen-bond acceptors (Lipinski definition) is 6. The zero-order chi connectivity index (χ0) is 22.8. The van der Waals surface area contributed by atoms with Gasteiger partial charge in [-0.15, -0.1) is 0 Å². The molecule has 3 amide bonds. The van der Waals surface area contributed by atoms with Gasteiger partial charge >= 0.3 is 0 Å². The minimum absolute atomic E-state index is 0.0225. The topological polar surface area (TPSA) is 120 Å². The second-order valence-corrected chi connectivity index (χ2v) is 10.6. The lowest BCUT2D eigenvalue weighted by Gasteiger charge is -2.30. The zero-order valence-corrected chi connectivity index (χ0v) is 19.1. The van der Waals surface area contributed by atoms with Crippen molar-refractivity contribution in [3.63, 3.8) is 0 Å². The van der Waals surface area contributed by atoms with E-state index in [-0.39, 0.29) is 47.3 Å². The van der Waals surface area contributed by atoms with E-state index in [0.717, 1.165) is 10.7 Å². The Hall–Kier alpha value is -2.93. The van der Waals surface area contributed by atoms with Crippen LogP contribution in [0.1, 0.15) is 42.1 Å². The standard InChI is InChI=1S/C22H26N6O3S/c1-11-17(32-21-25-6-7-27(11)21)20(31)28-10-14-15(22(14,2)3)16(28)19(30)26-13(9-23)8-12-4-5-24-18(12)29/h6-7,12-16H,4-5,8,10H2,1-3H3,(H,24,29)(H,26,30)/t12-,13-,14?,15?,16?/m0/s1. The molecule has 2 aromatic heterocycles. The number of thiazole rings is 1. The molecule has 2 aromatic rings. The smallest absolute Gasteiger partial charge is 0.266 e. The van der Waals surface area contributed by atoms with E-state index in [0.29, 0.717) is 24.4 Å².